The minimum Gasteiger partial charge on any atom is -0.314 e. The van der Waals surface area contributed by atoms with Gasteiger partial charge >= 0.3 is 0 Å². The van der Waals surface area contributed by atoms with Crippen molar-refractivity contribution >= 4 is 9.84 Å². The quantitative estimate of drug-likeness (QED) is 0.762. The van der Waals surface area contributed by atoms with E-state index in [0.29, 0.717) is 18.9 Å². The summed E-state index contributed by atoms with van der Waals surface area (Å²) in [4.78, 5) is 0. The lowest BCUT2D eigenvalue weighted by Gasteiger charge is -2.19. The fraction of sp³-hybridized carbons (Fsp3) is 0.625. The van der Waals surface area contributed by atoms with E-state index in [9.17, 15) is 12.8 Å². The molecule has 0 aliphatic carbocycles. The highest BCUT2D eigenvalue weighted by Crippen LogP contribution is 2.15. The van der Waals surface area contributed by atoms with E-state index in [1.807, 2.05) is 6.07 Å². The van der Waals surface area contributed by atoms with Gasteiger partial charge in [0.1, 0.15) is 15.7 Å². The maximum atomic E-state index is 13.2. The van der Waals surface area contributed by atoms with Crippen LogP contribution < -0.4 is 5.32 Å². The minimum atomic E-state index is -2.96. The van der Waals surface area contributed by atoms with Gasteiger partial charge in [-0.1, -0.05) is 32.9 Å². The molecule has 1 atom stereocenters. The van der Waals surface area contributed by atoms with Gasteiger partial charge in [-0.25, -0.2) is 12.8 Å². The number of nitrogens with one attached hydrogen (secondary N) is 1. The van der Waals surface area contributed by atoms with Crippen molar-refractivity contribution in [3.05, 3.63) is 35.6 Å². The zero-order valence-electron chi connectivity index (χ0n) is 13.1. The fourth-order valence-electron chi connectivity index (χ4n) is 2.17. The maximum absolute atomic E-state index is 13.2. The molecule has 0 aromatic heterocycles. The Kier molecular flexibility index (Phi) is 7.32. The normalized spacial score (nSPS) is 13.6. The number of benzene rings is 1. The molecule has 120 valence electrons. The summed E-state index contributed by atoms with van der Waals surface area (Å²) in [5, 5.41) is 3.35. The van der Waals surface area contributed by atoms with E-state index in [1.54, 1.807) is 13.0 Å². The lowest BCUT2D eigenvalue weighted by atomic mass is 9.96. The van der Waals surface area contributed by atoms with E-state index in [1.165, 1.54) is 12.1 Å². The molecule has 5 heteroatoms. The van der Waals surface area contributed by atoms with Crippen LogP contribution in [0.2, 0.25) is 0 Å². The molecule has 0 aliphatic heterocycles. The highest BCUT2D eigenvalue weighted by molar-refractivity contribution is 7.91. The predicted octanol–water partition coefficient (Wildman–Crippen LogP) is 2.81. The summed E-state index contributed by atoms with van der Waals surface area (Å²) in [6, 6.07) is 6.88. The van der Waals surface area contributed by atoms with Crippen LogP contribution in [0.25, 0.3) is 0 Å². The number of halogens is 1. The van der Waals surface area contributed by atoms with Crippen molar-refractivity contribution in [2.24, 2.45) is 5.92 Å². The number of hydrogen-bond donors (Lipinski definition) is 1. The van der Waals surface area contributed by atoms with Gasteiger partial charge in [0.25, 0.3) is 0 Å². The molecule has 3 nitrogen and oxygen atoms in total. The van der Waals surface area contributed by atoms with Gasteiger partial charge in [0, 0.05) is 11.8 Å². The topological polar surface area (TPSA) is 46.2 Å². The number of hydrogen-bond acceptors (Lipinski definition) is 3. The van der Waals surface area contributed by atoms with Crippen LogP contribution in [-0.4, -0.2) is 32.5 Å². The summed E-state index contributed by atoms with van der Waals surface area (Å²) in [6.07, 6.45) is 1.29. The second kappa shape index (κ2) is 8.49. The van der Waals surface area contributed by atoms with Crippen LogP contribution in [0.15, 0.2) is 24.3 Å². The average molecular weight is 315 g/mol. The Morgan fingerprint density at radius 2 is 2.00 bits per heavy atom. The second-order valence-electron chi connectivity index (χ2n) is 5.79. The largest absolute Gasteiger partial charge is 0.314 e. The lowest BCUT2D eigenvalue weighted by molar-refractivity contribution is 0.434. The van der Waals surface area contributed by atoms with Crippen molar-refractivity contribution in [1.82, 2.24) is 5.32 Å². The predicted molar refractivity (Wildman–Crippen MR) is 85.7 cm³/mol. The van der Waals surface area contributed by atoms with Gasteiger partial charge in [0.15, 0.2) is 0 Å². The SMILES string of the molecule is CCS(=O)(=O)CCC(CNC(C)C)Cc1cccc(F)c1. The number of rotatable bonds is 9. The Labute approximate surface area is 127 Å². The lowest BCUT2D eigenvalue weighted by Crippen LogP contribution is -2.31. The van der Waals surface area contributed by atoms with Crippen molar-refractivity contribution in [2.45, 2.75) is 39.7 Å². The molecule has 0 amide bonds. The summed E-state index contributed by atoms with van der Waals surface area (Å²) < 4.78 is 36.6. The molecule has 0 aliphatic rings. The molecule has 0 spiro atoms. The van der Waals surface area contributed by atoms with Gasteiger partial charge in [-0.15, -0.1) is 0 Å². The molecule has 1 rings (SSSR count). The second-order valence-corrected chi connectivity index (χ2v) is 8.26. The van der Waals surface area contributed by atoms with Crippen LogP contribution in [0.4, 0.5) is 4.39 Å². The average Bonchev–Trinajstić information content (AvgIpc) is 2.42. The molecular formula is C16H26FNO2S. The molecule has 1 aromatic rings. The van der Waals surface area contributed by atoms with Crippen LogP contribution >= 0.6 is 0 Å². The van der Waals surface area contributed by atoms with Crippen LogP contribution in [0.5, 0.6) is 0 Å². The highest BCUT2D eigenvalue weighted by Gasteiger charge is 2.15. The fourth-order valence-corrected chi connectivity index (χ4v) is 3.15. The highest BCUT2D eigenvalue weighted by atomic mass is 32.2. The van der Waals surface area contributed by atoms with E-state index in [2.05, 4.69) is 19.2 Å². The molecule has 0 radical (unpaired) electrons. The minimum absolute atomic E-state index is 0.178. The maximum Gasteiger partial charge on any atom is 0.150 e. The van der Waals surface area contributed by atoms with E-state index >= 15 is 0 Å². The molecule has 1 N–H and O–H groups in total. The van der Waals surface area contributed by atoms with Crippen LogP contribution in [0.1, 0.15) is 32.8 Å². The third-order valence-corrected chi connectivity index (χ3v) is 5.24. The van der Waals surface area contributed by atoms with Crippen molar-refractivity contribution in [2.75, 3.05) is 18.1 Å². The summed E-state index contributed by atoms with van der Waals surface area (Å²) in [5.41, 5.74) is 0.916. The Bertz CT molecular complexity index is 529. The first kappa shape index (κ1) is 18.1. The molecule has 1 aromatic carbocycles. The zero-order valence-corrected chi connectivity index (χ0v) is 13.9. The molecule has 0 fully saturated rings. The summed E-state index contributed by atoms with van der Waals surface area (Å²) in [5.74, 6) is 0.320. The third-order valence-electron chi connectivity index (χ3n) is 3.51. The van der Waals surface area contributed by atoms with Gasteiger partial charge in [-0.3, -0.25) is 0 Å². The van der Waals surface area contributed by atoms with E-state index in [-0.39, 0.29) is 23.2 Å². The smallest absolute Gasteiger partial charge is 0.150 e. The monoisotopic (exact) mass is 315 g/mol. The molecule has 1 unspecified atom stereocenters. The Balaban J connectivity index is 2.67. The Hall–Kier alpha value is -0.940. The van der Waals surface area contributed by atoms with Gasteiger partial charge in [-0.05, 0) is 43.0 Å². The first-order chi connectivity index (χ1) is 9.82. The third kappa shape index (κ3) is 7.58. The molecule has 0 heterocycles. The Morgan fingerprint density at radius 1 is 1.29 bits per heavy atom. The summed E-state index contributed by atoms with van der Waals surface area (Å²) >= 11 is 0. The standard InChI is InChI=1S/C16H26FNO2S/c1-4-21(19,20)9-8-15(12-18-13(2)3)10-14-6-5-7-16(17)11-14/h5-7,11,13,15,18H,4,8-10,12H2,1-3H3. The van der Waals surface area contributed by atoms with E-state index in [4.69, 9.17) is 0 Å². The van der Waals surface area contributed by atoms with Gasteiger partial charge in [0.2, 0.25) is 0 Å². The molecular weight excluding hydrogens is 289 g/mol. The van der Waals surface area contributed by atoms with Crippen LogP contribution in [-0.2, 0) is 16.3 Å². The van der Waals surface area contributed by atoms with Crippen molar-refractivity contribution < 1.29 is 12.8 Å². The van der Waals surface area contributed by atoms with Gasteiger partial charge in [-0.2, -0.15) is 0 Å². The van der Waals surface area contributed by atoms with Crippen LogP contribution in [0, 0.1) is 11.7 Å². The summed E-state index contributed by atoms with van der Waals surface area (Å²) in [6.45, 7) is 6.53. The number of sulfone groups is 1. The molecule has 21 heavy (non-hydrogen) atoms. The summed E-state index contributed by atoms with van der Waals surface area (Å²) in [7, 11) is -2.96. The van der Waals surface area contributed by atoms with Crippen molar-refractivity contribution in [3.8, 4) is 0 Å². The van der Waals surface area contributed by atoms with Crippen molar-refractivity contribution in [1.29, 1.82) is 0 Å². The van der Waals surface area contributed by atoms with Crippen LogP contribution in [0.3, 0.4) is 0 Å². The van der Waals surface area contributed by atoms with Gasteiger partial charge in [0.05, 0.1) is 5.75 Å². The first-order valence-corrected chi connectivity index (χ1v) is 9.32. The van der Waals surface area contributed by atoms with E-state index in [0.717, 1.165) is 12.1 Å². The van der Waals surface area contributed by atoms with Gasteiger partial charge < -0.3 is 5.32 Å². The first-order valence-electron chi connectivity index (χ1n) is 7.50. The van der Waals surface area contributed by atoms with Crippen molar-refractivity contribution in [3.63, 3.8) is 0 Å². The molecule has 0 saturated heterocycles. The molecule has 0 bridgehead atoms. The van der Waals surface area contributed by atoms with E-state index < -0.39 is 9.84 Å². The Morgan fingerprint density at radius 3 is 2.57 bits per heavy atom. The zero-order chi connectivity index (χ0) is 15.9. The molecule has 0 saturated carbocycles.